The van der Waals surface area contributed by atoms with Crippen LogP contribution < -0.4 is 5.73 Å². The lowest BCUT2D eigenvalue weighted by Gasteiger charge is -2.32. The van der Waals surface area contributed by atoms with Crippen LogP contribution in [-0.2, 0) is 11.3 Å². The van der Waals surface area contributed by atoms with E-state index in [0.29, 0.717) is 12.5 Å². The number of nitrogens with two attached hydrogens (primary N) is 1. The molecular weight excluding hydrogens is 244 g/mol. The zero-order chi connectivity index (χ0) is 13.0. The number of hydrogen-bond acceptors (Lipinski definition) is 3. The molecule has 100 valence electrons. The first kappa shape index (κ1) is 13.6. The largest absolute Gasteiger partial charge is 0.341 e. The minimum Gasteiger partial charge on any atom is -0.341 e. The molecule has 0 aliphatic heterocycles. The molecule has 1 heterocycles. The highest BCUT2D eigenvalue weighted by Gasteiger charge is 2.31. The molecule has 2 N–H and O–H groups in total. The van der Waals surface area contributed by atoms with Crippen molar-refractivity contribution in [3.8, 4) is 0 Å². The molecule has 0 radical (unpaired) electrons. The van der Waals surface area contributed by atoms with Gasteiger partial charge in [0.2, 0.25) is 5.91 Å². The van der Waals surface area contributed by atoms with Gasteiger partial charge in [-0.25, -0.2) is 0 Å². The third-order valence-corrected chi connectivity index (χ3v) is 4.64. The van der Waals surface area contributed by atoms with Crippen molar-refractivity contribution in [2.75, 3.05) is 13.6 Å². The topological polar surface area (TPSA) is 46.3 Å². The average Bonchev–Trinajstić information content (AvgIpc) is 2.90. The Kier molecular flexibility index (Phi) is 4.78. The van der Waals surface area contributed by atoms with E-state index in [2.05, 4.69) is 16.8 Å². The van der Waals surface area contributed by atoms with Crippen LogP contribution in [0.1, 0.15) is 31.2 Å². The summed E-state index contributed by atoms with van der Waals surface area (Å²) in [7, 11) is 1.90. The molecule has 1 fully saturated rings. The van der Waals surface area contributed by atoms with E-state index >= 15 is 0 Å². The van der Waals surface area contributed by atoms with Crippen molar-refractivity contribution in [3.63, 3.8) is 0 Å². The molecule has 1 saturated carbocycles. The summed E-state index contributed by atoms with van der Waals surface area (Å²) in [4.78, 5) is 14.3. The van der Waals surface area contributed by atoms with Crippen molar-refractivity contribution in [2.24, 2.45) is 17.6 Å². The molecule has 0 saturated heterocycles. The molecule has 1 aliphatic rings. The Morgan fingerprint density at radius 1 is 1.50 bits per heavy atom. The van der Waals surface area contributed by atoms with E-state index in [9.17, 15) is 4.79 Å². The lowest BCUT2D eigenvalue weighted by Crippen LogP contribution is -2.40. The minimum atomic E-state index is 0.146. The van der Waals surface area contributed by atoms with E-state index < -0.39 is 0 Å². The van der Waals surface area contributed by atoms with E-state index in [1.807, 2.05) is 11.9 Å². The van der Waals surface area contributed by atoms with Crippen LogP contribution in [0.25, 0.3) is 0 Å². The Hall–Kier alpha value is -0.870. The normalized spacial score (nSPS) is 23.9. The van der Waals surface area contributed by atoms with Gasteiger partial charge in [-0.1, -0.05) is 12.8 Å². The molecule has 1 amide bonds. The molecule has 0 spiro atoms. The molecule has 2 atom stereocenters. The minimum absolute atomic E-state index is 0.146. The van der Waals surface area contributed by atoms with E-state index in [4.69, 9.17) is 5.73 Å². The van der Waals surface area contributed by atoms with Gasteiger partial charge in [0.25, 0.3) is 0 Å². The lowest BCUT2D eigenvalue weighted by molar-refractivity contribution is -0.137. The third kappa shape index (κ3) is 3.12. The van der Waals surface area contributed by atoms with Crippen LogP contribution in [0.5, 0.6) is 0 Å². The molecule has 4 heteroatoms. The molecule has 1 aromatic rings. The Morgan fingerprint density at radius 3 is 2.94 bits per heavy atom. The van der Waals surface area contributed by atoms with Crippen molar-refractivity contribution >= 4 is 17.2 Å². The van der Waals surface area contributed by atoms with E-state index in [1.54, 1.807) is 11.3 Å². The van der Waals surface area contributed by atoms with Crippen LogP contribution >= 0.6 is 11.3 Å². The second-order valence-corrected chi connectivity index (χ2v) is 5.99. The smallest absolute Gasteiger partial charge is 0.226 e. The highest BCUT2D eigenvalue weighted by molar-refractivity contribution is 7.07. The summed E-state index contributed by atoms with van der Waals surface area (Å²) in [5, 5.41) is 4.15. The van der Waals surface area contributed by atoms with Gasteiger partial charge in [-0.15, -0.1) is 0 Å². The first-order valence-electron chi connectivity index (χ1n) is 6.68. The second kappa shape index (κ2) is 6.34. The quantitative estimate of drug-likeness (QED) is 0.910. The Bertz CT molecular complexity index is 377. The summed E-state index contributed by atoms with van der Waals surface area (Å²) in [6.45, 7) is 1.36. The number of rotatable bonds is 4. The summed E-state index contributed by atoms with van der Waals surface area (Å²) in [6, 6.07) is 2.08. The molecular formula is C14H22N2OS. The molecule has 0 bridgehead atoms. The fourth-order valence-corrected chi connectivity index (χ4v) is 3.49. The maximum atomic E-state index is 12.5. The number of amides is 1. The highest BCUT2D eigenvalue weighted by atomic mass is 32.1. The van der Waals surface area contributed by atoms with Crippen molar-refractivity contribution in [3.05, 3.63) is 22.4 Å². The van der Waals surface area contributed by atoms with Crippen molar-refractivity contribution < 1.29 is 4.79 Å². The van der Waals surface area contributed by atoms with Gasteiger partial charge >= 0.3 is 0 Å². The number of nitrogens with zero attached hydrogens (tertiary/aromatic N) is 1. The van der Waals surface area contributed by atoms with Crippen LogP contribution in [0.4, 0.5) is 0 Å². The Morgan fingerprint density at radius 2 is 2.28 bits per heavy atom. The number of carbonyl (C=O) groups is 1. The summed E-state index contributed by atoms with van der Waals surface area (Å²) < 4.78 is 0. The summed E-state index contributed by atoms with van der Waals surface area (Å²) in [6.07, 6.45) is 4.51. The van der Waals surface area contributed by atoms with Crippen LogP contribution in [0, 0.1) is 11.8 Å². The number of carbonyl (C=O) groups excluding carboxylic acids is 1. The molecule has 18 heavy (non-hydrogen) atoms. The molecule has 2 unspecified atom stereocenters. The van der Waals surface area contributed by atoms with Crippen molar-refractivity contribution in [2.45, 2.75) is 32.2 Å². The standard InChI is InChI=1S/C14H22N2OS/c1-16(9-11-6-7-18-10-11)14(17)13-5-3-2-4-12(13)8-15/h6-7,10,12-13H,2-5,8-9,15H2,1H3. The SMILES string of the molecule is CN(Cc1ccsc1)C(=O)C1CCCCC1CN. The maximum Gasteiger partial charge on any atom is 0.226 e. The fourth-order valence-electron chi connectivity index (χ4n) is 2.83. The predicted octanol–water partition coefficient (Wildman–Crippen LogP) is 2.47. The molecule has 1 aromatic heterocycles. The fraction of sp³-hybridized carbons (Fsp3) is 0.643. The van der Waals surface area contributed by atoms with Gasteiger partial charge < -0.3 is 10.6 Å². The summed E-state index contributed by atoms with van der Waals surface area (Å²) in [5.74, 6) is 0.805. The van der Waals surface area contributed by atoms with E-state index in [0.717, 1.165) is 19.4 Å². The molecule has 0 aromatic carbocycles. The number of thiophene rings is 1. The first-order chi connectivity index (χ1) is 8.72. The zero-order valence-corrected chi connectivity index (χ0v) is 11.8. The van der Waals surface area contributed by atoms with Crippen molar-refractivity contribution in [1.29, 1.82) is 0 Å². The van der Waals surface area contributed by atoms with Gasteiger partial charge in [-0.2, -0.15) is 11.3 Å². The maximum absolute atomic E-state index is 12.5. The summed E-state index contributed by atoms with van der Waals surface area (Å²) in [5.41, 5.74) is 7.02. The summed E-state index contributed by atoms with van der Waals surface area (Å²) >= 11 is 1.68. The van der Waals surface area contributed by atoms with Crippen LogP contribution in [0.15, 0.2) is 16.8 Å². The van der Waals surface area contributed by atoms with E-state index in [1.165, 1.54) is 18.4 Å². The predicted molar refractivity (Wildman–Crippen MR) is 75.3 cm³/mol. The highest BCUT2D eigenvalue weighted by Crippen LogP contribution is 2.30. The van der Waals surface area contributed by atoms with Crippen molar-refractivity contribution in [1.82, 2.24) is 4.90 Å². The molecule has 3 nitrogen and oxygen atoms in total. The van der Waals surface area contributed by atoms with E-state index in [-0.39, 0.29) is 11.8 Å². The van der Waals surface area contributed by atoms with Crippen LogP contribution in [-0.4, -0.2) is 24.4 Å². The Balaban J connectivity index is 1.96. The first-order valence-corrected chi connectivity index (χ1v) is 7.62. The molecule has 2 rings (SSSR count). The van der Waals surface area contributed by atoms with Gasteiger partial charge in [-0.3, -0.25) is 4.79 Å². The Labute approximate surface area is 113 Å². The lowest BCUT2D eigenvalue weighted by atomic mass is 9.78. The number of hydrogen-bond donors (Lipinski definition) is 1. The molecule has 1 aliphatic carbocycles. The van der Waals surface area contributed by atoms with Gasteiger partial charge in [0, 0.05) is 19.5 Å². The monoisotopic (exact) mass is 266 g/mol. The third-order valence-electron chi connectivity index (χ3n) is 3.91. The zero-order valence-electron chi connectivity index (χ0n) is 11.0. The average molecular weight is 266 g/mol. The van der Waals surface area contributed by atoms with Crippen LogP contribution in [0.3, 0.4) is 0 Å². The van der Waals surface area contributed by atoms with Gasteiger partial charge in [-0.05, 0) is 47.7 Å². The van der Waals surface area contributed by atoms with Gasteiger partial charge in [0.1, 0.15) is 0 Å². The second-order valence-electron chi connectivity index (χ2n) is 5.21. The van der Waals surface area contributed by atoms with Gasteiger partial charge in [0.05, 0.1) is 0 Å². The van der Waals surface area contributed by atoms with Gasteiger partial charge in [0.15, 0.2) is 0 Å². The van der Waals surface area contributed by atoms with Crippen LogP contribution in [0.2, 0.25) is 0 Å².